The molecule has 3 nitrogen and oxygen atoms in total. The summed E-state index contributed by atoms with van der Waals surface area (Å²) in [7, 11) is 0. The van der Waals surface area contributed by atoms with Crippen LogP contribution in [0.4, 0.5) is 5.69 Å². The van der Waals surface area contributed by atoms with E-state index < -0.39 is 0 Å². The number of halogens is 1. The van der Waals surface area contributed by atoms with Gasteiger partial charge < -0.3 is 14.7 Å². The maximum atomic E-state index is 10.5. The van der Waals surface area contributed by atoms with Crippen LogP contribution in [0.2, 0.25) is 0 Å². The second-order valence-corrected chi connectivity index (χ2v) is 6.35. The molecular weight excluding hydrogens is 298 g/mol. The minimum Gasteiger partial charge on any atom is -0.507 e. The van der Waals surface area contributed by atoms with E-state index in [2.05, 4.69) is 18.7 Å². The fraction of sp³-hybridized carbons (Fsp3) is 0.444. The molecule has 1 aliphatic heterocycles. The van der Waals surface area contributed by atoms with Crippen molar-refractivity contribution in [3.8, 4) is 11.5 Å². The molecule has 4 heteroatoms. The Hall–Kier alpha value is -1.61. The molecule has 1 aliphatic rings. The smallest absolute Gasteiger partial charge is 0.127 e. The maximum absolute atomic E-state index is 10.5. The number of alkyl halides is 1. The highest BCUT2D eigenvalue weighted by atomic mass is 35.5. The highest BCUT2D eigenvalue weighted by molar-refractivity contribution is 6.19. The van der Waals surface area contributed by atoms with Gasteiger partial charge in [-0.15, -0.1) is 11.6 Å². The second-order valence-electron chi connectivity index (χ2n) is 6.04. The van der Waals surface area contributed by atoms with Crippen molar-refractivity contribution in [3.63, 3.8) is 0 Å². The monoisotopic (exact) mass is 319 g/mol. The van der Waals surface area contributed by atoms with Gasteiger partial charge in [0.2, 0.25) is 0 Å². The molecule has 118 valence electrons. The number of hydrogen-bond donors (Lipinski definition) is 1. The lowest BCUT2D eigenvalue weighted by atomic mass is 9.94. The molecule has 0 bridgehead atoms. The first-order chi connectivity index (χ1) is 10.6. The molecule has 1 unspecified atom stereocenters. The molecule has 1 heterocycles. The van der Waals surface area contributed by atoms with E-state index in [1.807, 2.05) is 31.2 Å². The van der Waals surface area contributed by atoms with Crippen LogP contribution < -0.4 is 9.64 Å². The number of benzene rings is 2. The van der Waals surface area contributed by atoms with Gasteiger partial charge in [-0.2, -0.15) is 0 Å². The highest BCUT2D eigenvalue weighted by Gasteiger charge is 2.33. The van der Waals surface area contributed by atoms with Gasteiger partial charge in [-0.05, 0) is 32.4 Å². The average Bonchev–Trinajstić information content (AvgIpc) is 2.86. The Morgan fingerprint density at radius 3 is 2.82 bits per heavy atom. The summed E-state index contributed by atoms with van der Waals surface area (Å²) >= 11 is 6.25. The van der Waals surface area contributed by atoms with Crippen LogP contribution in [-0.4, -0.2) is 30.2 Å². The molecule has 2 aromatic carbocycles. The van der Waals surface area contributed by atoms with Crippen molar-refractivity contribution < 1.29 is 9.84 Å². The number of phenolic OH excluding ortho intramolecular Hbond substituents is 1. The topological polar surface area (TPSA) is 32.7 Å². The van der Waals surface area contributed by atoms with E-state index in [0.29, 0.717) is 24.3 Å². The molecule has 2 aromatic rings. The Balaban J connectivity index is 2.34. The van der Waals surface area contributed by atoms with Gasteiger partial charge in [0.05, 0.1) is 6.61 Å². The van der Waals surface area contributed by atoms with Crippen LogP contribution in [-0.2, 0) is 0 Å². The Morgan fingerprint density at radius 1 is 1.41 bits per heavy atom. The maximum Gasteiger partial charge on any atom is 0.127 e. The number of ether oxygens (including phenoxy) is 1. The number of phenols is 1. The van der Waals surface area contributed by atoms with Gasteiger partial charge in [-0.1, -0.05) is 12.1 Å². The normalized spacial score (nSPS) is 17.3. The fourth-order valence-corrected chi connectivity index (χ4v) is 3.66. The Labute approximate surface area is 136 Å². The minimum atomic E-state index is 0.253. The van der Waals surface area contributed by atoms with Crippen LogP contribution in [0.25, 0.3) is 10.8 Å². The highest BCUT2D eigenvalue weighted by Crippen LogP contribution is 2.48. The summed E-state index contributed by atoms with van der Waals surface area (Å²) in [5.74, 6) is 1.95. The molecule has 0 radical (unpaired) electrons. The quantitative estimate of drug-likeness (QED) is 0.842. The molecule has 0 amide bonds. The summed E-state index contributed by atoms with van der Waals surface area (Å²) in [5, 5.41) is 12.3. The molecule has 0 saturated carbocycles. The lowest BCUT2D eigenvalue weighted by Gasteiger charge is -2.24. The number of anilines is 1. The zero-order chi connectivity index (χ0) is 15.9. The molecular formula is C18H22ClNO2. The summed E-state index contributed by atoms with van der Waals surface area (Å²) in [4.78, 5) is 2.31. The van der Waals surface area contributed by atoms with Gasteiger partial charge in [-0.3, -0.25) is 0 Å². The zero-order valence-electron chi connectivity index (χ0n) is 13.3. The standard InChI is InChI=1S/C18H22ClNO2/c1-4-22-16-7-5-6-13-15(21)8-14-17(18(13)16)12(9-19)10-20(14)11(2)3/h5-8,11-12,21H,4,9-10H2,1-3H3. The summed E-state index contributed by atoms with van der Waals surface area (Å²) < 4.78 is 5.82. The van der Waals surface area contributed by atoms with E-state index in [4.69, 9.17) is 16.3 Å². The van der Waals surface area contributed by atoms with Crippen molar-refractivity contribution in [3.05, 3.63) is 29.8 Å². The number of rotatable bonds is 4. The van der Waals surface area contributed by atoms with E-state index in [0.717, 1.165) is 28.8 Å². The van der Waals surface area contributed by atoms with E-state index in [1.54, 1.807) is 0 Å². The molecule has 0 fully saturated rings. The van der Waals surface area contributed by atoms with Crippen LogP contribution in [0, 0.1) is 0 Å². The molecule has 1 N–H and O–H groups in total. The number of fused-ring (bicyclic) bond motifs is 3. The van der Waals surface area contributed by atoms with Crippen molar-refractivity contribution in [1.29, 1.82) is 0 Å². The van der Waals surface area contributed by atoms with Crippen LogP contribution in [0.1, 0.15) is 32.3 Å². The van der Waals surface area contributed by atoms with Crippen molar-refractivity contribution in [2.75, 3.05) is 23.9 Å². The molecule has 3 rings (SSSR count). The summed E-state index contributed by atoms with van der Waals surface area (Å²) in [6, 6.07) is 8.07. The first-order valence-corrected chi connectivity index (χ1v) is 8.35. The number of hydrogen-bond acceptors (Lipinski definition) is 3. The number of nitrogens with zero attached hydrogens (tertiary/aromatic N) is 1. The third-order valence-electron chi connectivity index (χ3n) is 4.37. The SMILES string of the molecule is CCOc1cccc2c(O)cc3c(c12)C(CCl)CN3C(C)C. The van der Waals surface area contributed by atoms with Crippen LogP contribution >= 0.6 is 11.6 Å². The van der Waals surface area contributed by atoms with Crippen LogP contribution in [0.3, 0.4) is 0 Å². The molecule has 22 heavy (non-hydrogen) atoms. The molecule has 1 atom stereocenters. The van der Waals surface area contributed by atoms with Crippen LogP contribution in [0.15, 0.2) is 24.3 Å². The van der Waals surface area contributed by atoms with Gasteiger partial charge >= 0.3 is 0 Å². The summed E-state index contributed by atoms with van der Waals surface area (Å²) in [5.41, 5.74) is 2.29. The second kappa shape index (κ2) is 5.88. The first kappa shape index (κ1) is 15.3. The first-order valence-electron chi connectivity index (χ1n) is 7.82. The Morgan fingerprint density at radius 2 is 2.18 bits per heavy atom. The predicted octanol–water partition coefficient (Wildman–Crippen LogP) is 4.49. The summed E-state index contributed by atoms with van der Waals surface area (Å²) in [6.07, 6.45) is 0. The van der Waals surface area contributed by atoms with E-state index in [9.17, 15) is 5.11 Å². The van der Waals surface area contributed by atoms with Crippen molar-refractivity contribution in [2.45, 2.75) is 32.7 Å². The van der Waals surface area contributed by atoms with E-state index in [1.165, 1.54) is 5.56 Å². The molecule has 0 aromatic heterocycles. The van der Waals surface area contributed by atoms with Gasteiger partial charge in [-0.25, -0.2) is 0 Å². The van der Waals surface area contributed by atoms with Gasteiger partial charge in [0.25, 0.3) is 0 Å². The molecule has 0 spiro atoms. The van der Waals surface area contributed by atoms with E-state index >= 15 is 0 Å². The average molecular weight is 320 g/mol. The van der Waals surface area contributed by atoms with E-state index in [-0.39, 0.29) is 5.92 Å². The Bertz CT molecular complexity index is 699. The predicted molar refractivity (Wildman–Crippen MR) is 92.7 cm³/mol. The largest absolute Gasteiger partial charge is 0.507 e. The number of aromatic hydroxyl groups is 1. The third kappa shape index (κ3) is 2.28. The van der Waals surface area contributed by atoms with Gasteiger partial charge in [0, 0.05) is 46.9 Å². The Kier molecular flexibility index (Phi) is 4.09. The van der Waals surface area contributed by atoms with Crippen molar-refractivity contribution >= 4 is 28.1 Å². The molecule has 0 saturated heterocycles. The summed E-state index contributed by atoms with van der Waals surface area (Å²) in [6.45, 7) is 7.78. The van der Waals surface area contributed by atoms with Gasteiger partial charge in [0.15, 0.2) is 0 Å². The zero-order valence-corrected chi connectivity index (χ0v) is 14.0. The third-order valence-corrected chi connectivity index (χ3v) is 4.74. The lowest BCUT2D eigenvalue weighted by Crippen LogP contribution is -2.29. The van der Waals surface area contributed by atoms with Crippen molar-refractivity contribution in [1.82, 2.24) is 0 Å². The molecule has 0 aliphatic carbocycles. The van der Waals surface area contributed by atoms with Gasteiger partial charge in [0.1, 0.15) is 11.5 Å². The lowest BCUT2D eigenvalue weighted by molar-refractivity contribution is 0.344. The fourth-order valence-electron chi connectivity index (χ4n) is 3.40. The van der Waals surface area contributed by atoms with Crippen molar-refractivity contribution in [2.24, 2.45) is 0 Å². The van der Waals surface area contributed by atoms with Crippen LogP contribution in [0.5, 0.6) is 11.5 Å². The minimum absolute atomic E-state index is 0.253.